The number of nitrogens with one attached hydrogen (secondary N) is 2. The molecule has 7 nitrogen and oxygen atoms in total. The monoisotopic (exact) mass is 248 g/mol. The first-order valence-electron chi connectivity index (χ1n) is 5.34. The summed E-state index contributed by atoms with van der Waals surface area (Å²) in [7, 11) is 0. The summed E-state index contributed by atoms with van der Waals surface area (Å²) in [6, 6.07) is -0.957. The Morgan fingerprint density at radius 1 is 1.56 bits per heavy atom. The van der Waals surface area contributed by atoms with Gasteiger partial charge in [0.25, 0.3) is 0 Å². The number of aliphatic carboxylic acids is 1. The lowest BCUT2D eigenvalue weighted by atomic mass is 10.1. The summed E-state index contributed by atoms with van der Waals surface area (Å²) < 4.78 is 0. The molecule has 0 saturated carbocycles. The second-order valence-corrected chi connectivity index (χ2v) is 3.89. The number of carboxylic acids is 1. The third-order valence-electron chi connectivity index (χ3n) is 2.54. The zero-order valence-electron chi connectivity index (χ0n) is 9.67. The van der Waals surface area contributed by atoms with Crippen LogP contribution in [0.25, 0.3) is 11.0 Å². The molecule has 3 N–H and O–H groups in total. The molecule has 0 spiro atoms. The number of hydrogen-bond donors (Lipinski definition) is 3. The van der Waals surface area contributed by atoms with Crippen LogP contribution in [0.2, 0.25) is 0 Å². The number of aromatic amines is 1. The van der Waals surface area contributed by atoms with E-state index < -0.39 is 12.0 Å². The fraction of sp³-hybridized carbons (Fsp3) is 0.273. The van der Waals surface area contributed by atoms with Gasteiger partial charge in [0, 0.05) is 31.1 Å². The minimum Gasteiger partial charge on any atom is -0.480 e. The molecule has 0 radical (unpaired) electrons. The van der Waals surface area contributed by atoms with Crippen LogP contribution in [0.3, 0.4) is 0 Å². The number of carbonyl (C=O) groups excluding carboxylic acids is 1. The average molecular weight is 248 g/mol. The van der Waals surface area contributed by atoms with Crippen LogP contribution in [0.4, 0.5) is 0 Å². The predicted octanol–water partition coefficient (Wildman–Crippen LogP) is 0.0897. The van der Waals surface area contributed by atoms with Crippen molar-refractivity contribution in [3.63, 3.8) is 0 Å². The maximum absolute atomic E-state index is 11.0. The second-order valence-electron chi connectivity index (χ2n) is 3.89. The van der Waals surface area contributed by atoms with E-state index in [0.29, 0.717) is 5.65 Å². The molecule has 2 aromatic heterocycles. The smallest absolute Gasteiger partial charge is 0.326 e. The summed E-state index contributed by atoms with van der Waals surface area (Å²) in [5.74, 6) is -1.45. The predicted molar refractivity (Wildman–Crippen MR) is 62.8 cm³/mol. The number of hydrogen-bond acceptors (Lipinski definition) is 4. The van der Waals surface area contributed by atoms with Gasteiger partial charge in [-0.15, -0.1) is 0 Å². The molecule has 7 heteroatoms. The van der Waals surface area contributed by atoms with Gasteiger partial charge in [0.1, 0.15) is 18.0 Å². The van der Waals surface area contributed by atoms with Gasteiger partial charge in [-0.25, -0.2) is 14.8 Å². The number of fused-ring (bicyclic) bond motifs is 1. The highest BCUT2D eigenvalue weighted by atomic mass is 16.4. The van der Waals surface area contributed by atoms with Crippen molar-refractivity contribution in [3.8, 4) is 0 Å². The molecule has 2 rings (SSSR count). The Morgan fingerprint density at radius 3 is 3.00 bits per heavy atom. The molecule has 0 aliphatic carbocycles. The van der Waals surface area contributed by atoms with Crippen molar-refractivity contribution >= 4 is 22.9 Å². The van der Waals surface area contributed by atoms with Crippen LogP contribution < -0.4 is 5.32 Å². The fourth-order valence-corrected chi connectivity index (χ4v) is 1.75. The lowest BCUT2D eigenvalue weighted by Gasteiger charge is -2.12. The van der Waals surface area contributed by atoms with Gasteiger partial charge in [-0.05, 0) is 5.56 Å². The molecule has 18 heavy (non-hydrogen) atoms. The normalized spacial score (nSPS) is 12.3. The zero-order valence-corrected chi connectivity index (χ0v) is 9.67. The molecule has 0 aliphatic rings. The van der Waals surface area contributed by atoms with Crippen molar-refractivity contribution in [2.45, 2.75) is 19.4 Å². The summed E-state index contributed by atoms with van der Waals surface area (Å²) in [5, 5.41) is 12.2. The maximum Gasteiger partial charge on any atom is 0.326 e. The van der Waals surface area contributed by atoms with Gasteiger partial charge >= 0.3 is 5.97 Å². The van der Waals surface area contributed by atoms with Gasteiger partial charge in [-0.1, -0.05) is 0 Å². The van der Waals surface area contributed by atoms with Crippen LogP contribution in [-0.4, -0.2) is 38.0 Å². The van der Waals surface area contributed by atoms with E-state index in [1.165, 1.54) is 13.3 Å². The van der Waals surface area contributed by atoms with Crippen molar-refractivity contribution in [3.05, 3.63) is 24.3 Å². The number of aromatic nitrogens is 3. The van der Waals surface area contributed by atoms with Crippen LogP contribution in [0.1, 0.15) is 12.5 Å². The highest BCUT2D eigenvalue weighted by Gasteiger charge is 2.20. The standard InChI is InChI=1S/C11H12N4O3/c1-6(16)15-9(11(17)18)2-7-3-13-10-8(7)4-12-5-14-10/h3-5,9H,2H2,1H3,(H,15,16)(H,17,18)(H,12,13,14). The summed E-state index contributed by atoms with van der Waals surface area (Å²) in [6.45, 7) is 1.29. The number of rotatable bonds is 4. The molecule has 0 saturated heterocycles. The Labute approximate surface area is 102 Å². The highest BCUT2D eigenvalue weighted by molar-refractivity contribution is 5.84. The topological polar surface area (TPSA) is 108 Å². The molecule has 1 atom stereocenters. The fourth-order valence-electron chi connectivity index (χ4n) is 1.75. The molecule has 2 heterocycles. The molecule has 2 aromatic rings. The summed E-state index contributed by atoms with van der Waals surface area (Å²) in [6.07, 6.45) is 4.88. The van der Waals surface area contributed by atoms with E-state index in [2.05, 4.69) is 20.3 Å². The number of amides is 1. The minimum absolute atomic E-state index is 0.183. The first kappa shape index (κ1) is 12.0. The van der Waals surface area contributed by atoms with Crippen molar-refractivity contribution in [2.24, 2.45) is 0 Å². The quantitative estimate of drug-likeness (QED) is 0.710. The lowest BCUT2D eigenvalue weighted by Crippen LogP contribution is -2.41. The Morgan fingerprint density at radius 2 is 2.33 bits per heavy atom. The van der Waals surface area contributed by atoms with Crippen LogP contribution in [0.15, 0.2) is 18.7 Å². The highest BCUT2D eigenvalue weighted by Crippen LogP contribution is 2.16. The van der Waals surface area contributed by atoms with Crippen molar-refractivity contribution in [1.82, 2.24) is 20.3 Å². The summed E-state index contributed by atoms with van der Waals surface area (Å²) in [4.78, 5) is 32.8. The molecule has 0 aromatic carbocycles. The number of nitrogens with zero attached hydrogens (tertiary/aromatic N) is 2. The van der Waals surface area contributed by atoms with E-state index >= 15 is 0 Å². The van der Waals surface area contributed by atoms with E-state index in [1.807, 2.05) is 0 Å². The van der Waals surface area contributed by atoms with Gasteiger partial charge < -0.3 is 15.4 Å². The third kappa shape index (κ3) is 2.45. The average Bonchev–Trinajstić information content (AvgIpc) is 2.71. The van der Waals surface area contributed by atoms with Gasteiger partial charge in [-0.3, -0.25) is 4.79 Å². The Bertz CT molecular complexity index is 593. The van der Waals surface area contributed by atoms with E-state index in [9.17, 15) is 9.59 Å². The van der Waals surface area contributed by atoms with Crippen LogP contribution in [0.5, 0.6) is 0 Å². The Balaban J connectivity index is 2.26. The second kappa shape index (κ2) is 4.82. The third-order valence-corrected chi connectivity index (χ3v) is 2.54. The minimum atomic E-state index is -1.07. The van der Waals surface area contributed by atoms with Crippen molar-refractivity contribution < 1.29 is 14.7 Å². The van der Waals surface area contributed by atoms with Gasteiger partial charge in [0.05, 0.1) is 0 Å². The van der Waals surface area contributed by atoms with Crippen LogP contribution in [0, 0.1) is 0 Å². The summed E-state index contributed by atoms with van der Waals surface area (Å²) >= 11 is 0. The maximum atomic E-state index is 11.0. The molecular formula is C11H12N4O3. The number of carboxylic acid groups (broad SMARTS) is 1. The van der Waals surface area contributed by atoms with Crippen molar-refractivity contribution in [1.29, 1.82) is 0 Å². The van der Waals surface area contributed by atoms with Crippen LogP contribution >= 0.6 is 0 Å². The first-order valence-corrected chi connectivity index (χ1v) is 5.34. The van der Waals surface area contributed by atoms with E-state index in [0.717, 1.165) is 10.9 Å². The van der Waals surface area contributed by atoms with Gasteiger partial charge in [-0.2, -0.15) is 0 Å². The zero-order chi connectivity index (χ0) is 13.1. The van der Waals surface area contributed by atoms with Crippen LogP contribution in [-0.2, 0) is 16.0 Å². The molecule has 0 aliphatic heterocycles. The number of carbonyl (C=O) groups is 2. The molecule has 0 bridgehead atoms. The van der Waals surface area contributed by atoms with E-state index in [-0.39, 0.29) is 12.3 Å². The van der Waals surface area contributed by atoms with Crippen molar-refractivity contribution in [2.75, 3.05) is 0 Å². The van der Waals surface area contributed by atoms with E-state index in [1.54, 1.807) is 12.4 Å². The molecule has 0 fully saturated rings. The van der Waals surface area contributed by atoms with Gasteiger partial charge in [0.2, 0.25) is 5.91 Å². The Hall–Kier alpha value is -2.44. The SMILES string of the molecule is CC(=O)NC(Cc1c[nH]c2ncncc12)C(=O)O. The molecular weight excluding hydrogens is 236 g/mol. The molecule has 1 unspecified atom stereocenters. The van der Waals surface area contributed by atoms with E-state index in [4.69, 9.17) is 5.11 Å². The molecule has 94 valence electrons. The first-order chi connectivity index (χ1) is 8.58. The Kier molecular flexibility index (Phi) is 3.22. The lowest BCUT2D eigenvalue weighted by molar-refractivity contribution is -0.141. The largest absolute Gasteiger partial charge is 0.480 e. The molecule has 1 amide bonds. The summed E-state index contributed by atoms with van der Waals surface area (Å²) in [5.41, 5.74) is 1.40. The van der Waals surface area contributed by atoms with Gasteiger partial charge in [0.15, 0.2) is 0 Å². The number of H-pyrrole nitrogens is 1.